The van der Waals surface area contributed by atoms with Crippen LogP contribution in [0, 0.1) is 0 Å². The van der Waals surface area contributed by atoms with Crippen molar-refractivity contribution in [3.05, 3.63) is 23.8 Å². The van der Waals surface area contributed by atoms with Gasteiger partial charge in [0.2, 0.25) is 5.82 Å². The number of hydrogen-bond acceptors (Lipinski definition) is 2. The van der Waals surface area contributed by atoms with Gasteiger partial charge in [0, 0.05) is 6.20 Å². The van der Waals surface area contributed by atoms with Gasteiger partial charge in [0.25, 0.3) is 0 Å². The Bertz CT molecular complexity index is 552. The van der Waals surface area contributed by atoms with E-state index >= 15 is 0 Å². The van der Waals surface area contributed by atoms with E-state index in [9.17, 15) is 26.3 Å². The van der Waals surface area contributed by atoms with E-state index in [2.05, 4.69) is 15.0 Å². The quantitative estimate of drug-likeness (QED) is 0.735. The van der Waals surface area contributed by atoms with Crippen molar-refractivity contribution >= 4 is 11.0 Å². The van der Waals surface area contributed by atoms with E-state index in [0.717, 1.165) is 12.3 Å². The molecule has 0 aromatic carbocycles. The van der Waals surface area contributed by atoms with Gasteiger partial charge < -0.3 is 4.98 Å². The van der Waals surface area contributed by atoms with E-state index < -0.39 is 34.9 Å². The highest BCUT2D eigenvalue weighted by Gasteiger charge is 2.41. The Hall–Kier alpha value is -1.80. The lowest BCUT2D eigenvalue weighted by molar-refractivity contribution is -0.151. The Labute approximate surface area is 89.5 Å². The zero-order valence-electron chi connectivity index (χ0n) is 7.82. The van der Waals surface area contributed by atoms with Crippen LogP contribution in [-0.2, 0) is 12.4 Å². The van der Waals surface area contributed by atoms with E-state index in [1.807, 2.05) is 0 Å². The number of H-pyrrole nitrogens is 1. The molecule has 0 aliphatic heterocycles. The van der Waals surface area contributed by atoms with Crippen LogP contribution in [0.2, 0.25) is 0 Å². The number of nitrogens with one attached hydrogen (secondary N) is 1. The highest BCUT2D eigenvalue weighted by atomic mass is 19.4. The van der Waals surface area contributed by atoms with Crippen molar-refractivity contribution in [2.75, 3.05) is 0 Å². The number of rotatable bonds is 0. The second-order valence-corrected chi connectivity index (χ2v) is 3.13. The number of alkyl halides is 6. The zero-order valence-corrected chi connectivity index (χ0v) is 7.82. The lowest BCUT2D eigenvalue weighted by atomic mass is 10.3. The third-order valence-corrected chi connectivity index (χ3v) is 1.93. The van der Waals surface area contributed by atoms with Crippen LogP contribution in [0.15, 0.2) is 12.3 Å². The van der Waals surface area contributed by atoms with Crippen LogP contribution >= 0.6 is 0 Å². The second kappa shape index (κ2) is 3.34. The Morgan fingerprint density at radius 3 is 2.12 bits per heavy atom. The van der Waals surface area contributed by atoms with Crippen LogP contribution < -0.4 is 0 Å². The predicted molar refractivity (Wildman–Crippen MR) is 43.9 cm³/mol. The molecule has 17 heavy (non-hydrogen) atoms. The van der Waals surface area contributed by atoms with Crippen molar-refractivity contribution in [3.8, 4) is 0 Å². The average molecular weight is 255 g/mol. The average Bonchev–Trinajstić information content (AvgIpc) is 2.59. The first-order valence-corrected chi connectivity index (χ1v) is 4.19. The summed E-state index contributed by atoms with van der Waals surface area (Å²) in [6.45, 7) is 0. The molecule has 9 heteroatoms. The minimum Gasteiger partial charge on any atom is -0.358 e. The monoisotopic (exact) mass is 255 g/mol. The van der Waals surface area contributed by atoms with Crippen LogP contribution in [0.3, 0.4) is 0 Å². The van der Waals surface area contributed by atoms with E-state index in [0.29, 0.717) is 0 Å². The molecule has 0 fully saturated rings. The third-order valence-electron chi connectivity index (χ3n) is 1.93. The SMILES string of the molecule is FC(F)(F)c1nc(C(F)(F)F)c2[nH]ccc2n1. The van der Waals surface area contributed by atoms with Crippen LogP contribution in [-0.4, -0.2) is 15.0 Å². The van der Waals surface area contributed by atoms with Crippen molar-refractivity contribution < 1.29 is 26.3 Å². The van der Waals surface area contributed by atoms with Crippen molar-refractivity contribution in [2.45, 2.75) is 12.4 Å². The summed E-state index contributed by atoms with van der Waals surface area (Å²) < 4.78 is 74.3. The summed E-state index contributed by atoms with van der Waals surface area (Å²) in [5, 5.41) is 0. The molecule has 0 aliphatic carbocycles. The van der Waals surface area contributed by atoms with Gasteiger partial charge in [-0.25, -0.2) is 9.97 Å². The number of nitrogens with zero attached hydrogens (tertiary/aromatic N) is 2. The maximum absolute atomic E-state index is 12.5. The maximum atomic E-state index is 12.5. The van der Waals surface area contributed by atoms with E-state index in [1.54, 1.807) is 0 Å². The topological polar surface area (TPSA) is 41.6 Å². The standard InChI is InChI=1S/C8H3F6N3/c9-7(10,11)5-4-3(1-2-15-4)16-6(17-5)8(12,13)14/h1-2,15H. The summed E-state index contributed by atoms with van der Waals surface area (Å²) in [7, 11) is 0. The van der Waals surface area contributed by atoms with Crippen molar-refractivity contribution in [1.29, 1.82) is 0 Å². The molecule has 0 saturated heterocycles. The molecule has 2 aromatic rings. The summed E-state index contributed by atoms with van der Waals surface area (Å²) >= 11 is 0. The summed E-state index contributed by atoms with van der Waals surface area (Å²) in [6, 6.07) is 1.02. The minimum absolute atomic E-state index is 0.431. The molecule has 0 amide bonds. The largest absolute Gasteiger partial charge is 0.451 e. The lowest BCUT2D eigenvalue weighted by Gasteiger charge is -2.10. The Morgan fingerprint density at radius 1 is 0.941 bits per heavy atom. The van der Waals surface area contributed by atoms with Crippen LogP contribution in [0.4, 0.5) is 26.3 Å². The molecule has 0 bridgehead atoms. The van der Waals surface area contributed by atoms with Crippen LogP contribution in [0.25, 0.3) is 11.0 Å². The van der Waals surface area contributed by atoms with Gasteiger partial charge in [-0.15, -0.1) is 0 Å². The van der Waals surface area contributed by atoms with E-state index in [4.69, 9.17) is 0 Å². The molecular weight excluding hydrogens is 252 g/mol. The predicted octanol–water partition coefficient (Wildman–Crippen LogP) is 3.00. The normalized spacial score (nSPS) is 13.3. The fourth-order valence-electron chi connectivity index (χ4n) is 1.28. The van der Waals surface area contributed by atoms with Gasteiger partial charge >= 0.3 is 12.4 Å². The molecule has 2 aromatic heterocycles. The first kappa shape index (κ1) is 11.7. The first-order chi connectivity index (χ1) is 7.69. The van der Waals surface area contributed by atoms with Crippen LogP contribution in [0.5, 0.6) is 0 Å². The molecule has 0 unspecified atom stereocenters. The molecule has 2 rings (SSSR count). The highest BCUT2D eigenvalue weighted by molar-refractivity contribution is 5.77. The number of aromatic nitrogens is 3. The molecule has 3 nitrogen and oxygen atoms in total. The summed E-state index contributed by atoms with van der Waals surface area (Å²) in [4.78, 5) is 7.70. The Morgan fingerprint density at radius 2 is 1.59 bits per heavy atom. The van der Waals surface area contributed by atoms with Gasteiger partial charge in [0.1, 0.15) is 0 Å². The van der Waals surface area contributed by atoms with Gasteiger partial charge in [-0.3, -0.25) is 0 Å². The van der Waals surface area contributed by atoms with Gasteiger partial charge in [-0.05, 0) is 6.07 Å². The zero-order chi connectivity index (χ0) is 12.8. The molecular formula is C8H3F6N3. The third kappa shape index (κ3) is 2.04. The molecule has 0 saturated carbocycles. The first-order valence-electron chi connectivity index (χ1n) is 4.19. The van der Waals surface area contributed by atoms with Crippen molar-refractivity contribution in [1.82, 2.24) is 15.0 Å². The second-order valence-electron chi connectivity index (χ2n) is 3.13. The van der Waals surface area contributed by atoms with Crippen molar-refractivity contribution in [3.63, 3.8) is 0 Å². The number of hydrogen-bond donors (Lipinski definition) is 1. The lowest BCUT2D eigenvalue weighted by Crippen LogP contribution is -2.17. The molecule has 0 spiro atoms. The molecule has 1 N–H and O–H groups in total. The summed E-state index contributed by atoms with van der Waals surface area (Å²) in [5.41, 5.74) is -2.62. The van der Waals surface area contributed by atoms with Gasteiger partial charge in [0.05, 0.1) is 11.0 Å². The summed E-state index contributed by atoms with van der Waals surface area (Å²) in [6.07, 6.45) is -8.94. The van der Waals surface area contributed by atoms with Gasteiger partial charge in [-0.2, -0.15) is 26.3 Å². The fourth-order valence-corrected chi connectivity index (χ4v) is 1.28. The van der Waals surface area contributed by atoms with E-state index in [1.165, 1.54) is 0 Å². The molecule has 92 valence electrons. The van der Waals surface area contributed by atoms with Gasteiger partial charge in [-0.1, -0.05) is 0 Å². The smallest absolute Gasteiger partial charge is 0.358 e. The number of fused-ring (bicyclic) bond motifs is 1. The summed E-state index contributed by atoms with van der Waals surface area (Å²) in [5.74, 6) is -1.81. The molecule has 0 aliphatic rings. The molecule has 2 heterocycles. The van der Waals surface area contributed by atoms with Crippen LogP contribution in [0.1, 0.15) is 11.5 Å². The molecule has 0 radical (unpaired) electrons. The number of aromatic amines is 1. The molecule has 0 atom stereocenters. The van der Waals surface area contributed by atoms with Gasteiger partial charge in [0.15, 0.2) is 5.69 Å². The Kier molecular flexibility index (Phi) is 2.30. The highest BCUT2D eigenvalue weighted by Crippen LogP contribution is 2.35. The Balaban J connectivity index is 2.76. The maximum Gasteiger partial charge on any atom is 0.451 e. The fraction of sp³-hybridized carbons (Fsp3) is 0.250. The number of halogens is 6. The van der Waals surface area contributed by atoms with E-state index in [-0.39, 0.29) is 0 Å². The van der Waals surface area contributed by atoms with Crippen molar-refractivity contribution in [2.24, 2.45) is 0 Å². The minimum atomic E-state index is -5.02.